The third kappa shape index (κ3) is 6.73. The van der Waals surface area contributed by atoms with Gasteiger partial charge in [0.1, 0.15) is 6.10 Å². The molecule has 0 amide bonds. The number of rotatable bonds is 9. The van der Waals surface area contributed by atoms with E-state index >= 15 is 0 Å². The predicted octanol–water partition coefficient (Wildman–Crippen LogP) is 2.59. The van der Waals surface area contributed by atoms with Gasteiger partial charge in [0.05, 0.1) is 12.2 Å². The topological polar surface area (TPSA) is 55.8 Å². The predicted molar refractivity (Wildman–Crippen MR) is 73.8 cm³/mol. The zero-order chi connectivity index (χ0) is 14.1. The number of carbonyl (C=O) groups is 1. The first-order chi connectivity index (χ1) is 9.15. The lowest BCUT2D eigenvalue weighted by atomic mass is 9.99. The van der Waals surface area contributed by atoms with E-state index in [9.17, 15) is 9.90 Å². The molecule has 4 heteroatoms. The first kappa shape index (κ1) is 16.2. The summed E-state index contributed by atoms with van der Waals surface area (Å²) in [7, 11) is 1.69. The van der Waals surface area contributed by atoms with Crippen LogP contribution < -0.4 is 0 Å². The normalized spacial score (nSPS) is 22.1. The van der Waals surface area contributed by atoms with Crippen molar-refractivity contribution in [1.82, 2.24) is 0 Å². The van der Waals surface area contributed by atoms with Crippen LogP contribution in [0.4, 0.5) is 0 Å². The molecule has 0 fully saturated rings. The lowest BCUT2D eigenvalue weighted by Crippen LogP contribution is -2.28. The van der Waals surface area contributed by atoms with Crippen molar-refractivity contribution < 1.29 is 19.4 Å². The molecule has 4 nitrogen and oxygen atoms in total. The number of ether oxygens (including phenoxy) is 2. The third-order valence-corrected chi connectivity index (χ3v) is 3.47. The average Bonchev–Trinajstić information content (AvgIpc) is 2.37. The van der Waals surface area contributed by atoms with Crippen LogP contribution in [-0.2, 0) is 14.3 Å². The molecule has 1 rings (SSSR count). The molecule has 0 aromatic rings. The Bertz CT molecular complexity index is 288. The Hall–Kier alpha value is -0.870. The fraction of sp³-hybridized carbons (Fsp3) is 0.800. The molecule has 0 spiro atoms. The van der Waals surface area contributed by atoms with E-state index in [1.165, 1.54) is 18.9 Å². The minimum absolute atomic E-state index is 0.0939. The Morgan fingerprint density at radius 1 is 1.53 bits per heavy atom. The third-order valence-electron chi connectivity index (χ3n) is 3.47. The molecule has 0 saturated carbocycles. The van der Waals surface area contributed by atoms with Gasteiger partial charge in [0.2, 0.25) is 0 Å². The van der Waals surface area contributed by atoms with Crippen molar-refractivity contribution in [3.8, 4) is 0 Å². The second kappa shape index (κ2) is 9.10. The number of methoxy groups -OCH3 is 1. The Morgan fingerprint density at radius 3 is 2.95 bits per heavy atom. The lowest BCUT2D eigenvalue weighted by Gasteiger charge is -2.24. The number of unbranched alkanes of at least 4 members (excludes halogenated alkanes) is 2. The van der Waals surface area contributed by atoms with E-state index in [0.717, 1.165) is 12.8 Å². The van der Waals surface area contributed by atoms with E-state index in [0.29, 0.717) is 19.3 Å². The first-order valence-corrected chi connectivity index (χ1v) is 7.23. The Balaban J connectivity index is 2.26. The van der Waals surface area contributed by atoms with E-state index in [-0.39, 0.29) is 18.2 Å². The van der Waals surface area contributed by atoms with Crippen LogP contribution in [0.25, 0.3) is 0 Å². The zero-order valence-corrected chi connectivity index (χ0v) is 12.0. The van der Waals surface area contributed by atoms with E-state index in [1.807, 2.05) is 0 Å². The van der Waals surface area contributed by atoms with Crippen molar-refractivity contribution in [1.29, 1.82) is 0 Å². The highest BCUT2D eigenvalue weighted by molar-refractivity contribution is 5.82. The highest BCUT2D eigenvalue weighted by Crippen LogP contribution is 2.18. The molecule has 1 N–H and O–H groups in total. The van der Waals surface area contributed by atoms with Crippen LogP contribution >= 0.6 is 0 Å². The maximum Gasteiger partial charge on any atom is 0.330 e. The maximum atomic E-state index is 11.1. The van der Waals surface area contributed by atoms with Gasteiger partial charge in [-0.3, -0.25) is 0 Å². The van der Waals surface area contributed by atoms with Crippen molar-refractivity contribution in [2.75, 3.05) is 7.11 Å². The van der Waals surface area contributed by atoms with Gasteiger partial charge in [-0.2, -0.15) is 0 Å². The molecule has 0 bridgehead atoms. The van der Waals surface area contributed by atoms with Crippen LogP contribution in [0.5, 0.6) is 0 Å². The van der Waals surface area contributed by atoms with Crippen LogP contribution in [0.1, 0.15) is 51.9 Å². The molecular weight excluding hydrogens is 244 g/mol. The van der Waals surface area contributed by atoms with Crippen molar-refractivity contribution in [2.24, 2.45) is 0 Å². The van der Waals surface area contributed by atoms with Gasteiger partial charge in [-0.25, -0.2) is 4.79 Å². The van der Waals surface area contributed by atoms with Gasteiger partial charge in [-0.15, -0.1) is 0 Å². The number of carbonyl (C=O) groups excluding carboxylic acids is 1. The molecule has 1 heterocycles. The largest absolute Gasteiger partial charge is 0.459 e. The molecular formula is C15H26O4. The van der Waals surface area contributed by atoms with Crippen molar-refractivity contribution in [3.05, 3.63) is 12.2 Å². The summed E-state index contributed by atoms with van der Waals surface area (Å²) in [5.74, 6) is -0.310. The molecule has 110 valence electrons. The molecule has 0 radical (unpaired) electrons. The van der Waals surface area contributed by atoms with Gasteiger partial charge in [0, 0.05) is 26.0 Å². The van der Waals surface area contributed by atoms with E-state index in [2.05, 4.69) is 6.92 Å². The number of hydrogen-bond acceptors (Lipinski definition) is 4. The molecule has 19 heavy (non-hydrogen) atoms. The van der Waals surface area contributed by atoms with Crippen LogP contribution in [0.2, 0.25) is 0 Å². The smallest absolute Gasteiger partial charge is 0.330 e. The molecule has 1 aliphatic heterocycles. The van der Waals surface area contributed by atoms with Crippen molar-refractivity contribution >= 4 is 5.97 Å². The minimum atomic E-state index is -0.476. The second-order valence-corrected chi connectivity index (χ2v) is 5.18. The number of cyclic esters (lactones) is 1. The second-order valence-electron chi connectivity index (χ2n) is 5.18. The average molecular weight is 270 g/mol. The SMILES string of the molecule is CCCCC[C@@H](C[C@@H](O)C[C@H]1CC=CC(=O)O1)OC. The van der Waals surface area contributed by atoms with Gasteiger partial charge in [-0.05, 0) is 12.8 Å². The maximum absolute atomic E-state index is 11.1. The minimum Gasteiger partial charge on any atom is -0.459 e. The first-order valence-electron chi connectivity index (χ1n) is 7.23. The quantitative estimate of drug-likeness (QED) is 0.517. The number of aliphatic hydroxyl groups excluding tert-OH is 1. The van der Waals surface area contributed by atoms with E-state index in [4.69, 9.17) is 9.47 Å². The summed E-state index contributed by atoms with van der Waals surface area (Å²) in [4.78, 5) is 11.1. The monoisotopic (exact) mass is 270 g/mol. The Labute approximate surface area is 115 Å². The summed E-state index contributed by atoms with van der Waals surface area (Å²) in [5, 5.41) is 10.1. The molecule has 3 atom stereocenters. The summed E-state index contributed by atoms with van der Waals surface area (Å²) in [6, 6.07) is 0. The number of esters is 1. The van der Waals surface area contributed by atoms with Crippen LogP contribution in [0, 0.1) is 0 Å². The van der Waals surface area contributed by atoms with E-state index in [1.54, 1.807) is 13.2 Å². The van der Waals surface area contributed by atoms with Gasteiger partial charge < -0.3 is 14.6 Å². The van der Waals surface area contributed by atoms with E-state index < -0.39 is 6.10 Å². The van der Waals surface area contributed by atoms with Crippen LogP contribution in [-0.4, -0.2) is 36.5 Å². The molecule has 1 aliphatic rings. The summed E-state index contributed by atoms with van der Waals surface area (Å²) in [6.45, 7) is 2.17. The number of aliphatic hydroxyl groups is 1. The van der Waals surface area contributed by atoms with Gasteiger partial charge >= 0.3 is 5.97 Å². The van der Waals surface area contributed by atoms with Gasteiger partial charge in [0.25, 0.3) is 0 Å². The Kier molecular flexibility index (Phi) is 7.75. The lowest BCUT2D eigenvalue weighted by molar-refractivity contribution is -0.145. The summed E-state index contributed by atoms with van der Waals surface area (Å²) >= 11 is 0. The highest BCUT2D eigenvalue weighted by Gasteiger charge is 2.22. The molecule has 0 unspecified atom stereocenters. The van der Waals surface area contributed by atoms with Crippen LogP contribution in [0.15, 0.2) is 12.2 Å². The van der Waals surface area contributed by atoms with Crippen LogP contribution in [0.3, 0.4) is 0 Å². The van der Waals surface area contributed by atoms with Crippen molar-refractivity contribution in [2.45, 2.75) is 70.2 Å². The van der Waals surface area contributed by atoms with Crippen molar-refractivity contribution in [3.63, 3.8) is 0 Å². The summed E-state index contributed by atoms with van der Waals surface area (Å²) < 4.78 is 10.5. The molecule has 0 saturated heterocycles. The fourth-order valence-corrected chi connectivity index (χ4v) is 2.37. The summed E-state index contributed by atoms with van der Waals surface area (Å²) in [5.41, 5.74) is 0. The molecule has 0 aliphatic carbocycles. The van der Waals surface area contributed by atoms with Gasteiger partial charge in [-0.1, -0.05) is 32.3 Å². The molecule has 0 aromatic carbocycles. The summed E-state index contributed by atoms with van der Waals surface area (Å²) in [6.07, 6.45) is 8.94. The zero-order valence-electron chi connectivity index (χ0n) is 12.0. The standard InChI is InChI=1S/C15H26O4/c1-3-4-5-7-13(18-2)10-12(16)11-14-8-6-9-15(17)19-14/h6,9,12-14,16H,3-5,7-8,10-11H2,1-2H3/t12-,13+,14-/m1/s1. The number of hydrogen-bond donors (Lipinski definition) is 1. The fourth-order valence-electron chi connectivity index (χ4n) is 2.37. The van der Waals surface area contributed by atoms with Gasteiger partial charge in [0.15, 0.2) is 0 Å². The highest BCUT2D eigenvalue weighted by atomic mass is 16.5. The molecule has 0 aromatic heterocycles. The Morgan fingerprint density at radius 2 is 2.32 bits per heavy atom.